The average molecular weight is 383 g/mol. The maximum absolute atomic E-state index is 12.7. The van der Waals surface area contributed by atoms with Crippen molar-refractivity contribution in [1.82, 2.24) is 35.1 Å². The number of aromatic nitrogens is 5. The van der Waals surface area contributed by atoms with Crippen LogP contribution in [0.15, 0.2) is 35.1 Å². The molecule has 2 heterocycles. The fraction of sp³-hybridized carbons (Fsp3) is 0.421. The first-order valence-electron chi connectivity index (χ1n) is 9.34. The molecule has 0 saturated carbocycles. The fourth-order valence-electron chi connectivity index (χ4n) is 2.81. The van der Waals surface area contributed by atoms with Gasteiger partial charge in [0.15, 0.2) is 5.82 Å². The molecular formula is C19H25N7O2. The Hall–Kier alpha value is -3.23. The third-order valence-corrected chi connectivity index (χ3v) is 4.49. The Kier molecular flexibility index (Phi) is 6.03. The number of nitrogens with one attached hydrogen (secondary N) is 1. The third-order valence-electron chi connectivity index (χ3n) is 4.49. The van der Waals surface area contributed by atoms with Crippen molar-refractivity contribution in [3.8, 4) is 11.4 Å². The molecule has 0 unspecified atom stereocenters. The fourth-order valence-corrected chi connectivity index (χ4v) is 2.81. The van der Waals surface area contributed by atoms with Crippen LogP contribution in [0, 0.1) is 6.92 Å². The summed E-state index contributed by atoms with van der Waals surface area (Å²) in [5, 5.41) is 15.0. The van der Waals surface area contributed by atoms with Gasteiger partial charge in [0.05, 0.1) is 6.04 Å². The van der Waals surface area contributed by atoms with E-state index >= 15 is 0 Å². The Bertz CT molecular complexity index is 917. The van der Waals surface area contributed by atoms with Gasteiger partial charge in [0.25, 0.3) is 0 Å². The minimum Gasteiger partial charge on any atom is -0.337 e. The average Bonchev–Trinajstić information content (AvgIpc) is 3.35. The number of rotatable bonds is 7. The number of hydrogen-bond donors (Lipinski definition) is 1. The summed E-state index contributed by atoms with van der Waals surface area (Å²) in [6.45, 7) is 9.27. The Morgan fingerprint density at radius 1 is 1.29 bits per heavy atom. The Morgan fingerprint density at radius 2 is 2.04 bits per heavy atom. The van der Waals surface area contributed by atoms with Gasteiger partial charge in [-0.05, 0) is 27.7 Å². The summed E-state index contributed by atoms with van der Waals surface area (Å²) in [6.07, 6.45) is 1.65. The second kappa shape index (κ2) is 8.64. The molecule has 9 nitrogen and oxygen atoms in total. The maximum atomic E-state index is 12.7. The first kappa shape index (κ1) is 19.5. The van der Waals surface area contributed by atoms with Gasteiger partial charge in [0.2, 0.25) is 11.7 Å². The van der Waals surface area contributed by atoms with E-state index in [4.69, 9.17) is 4.52 Å². The summed E-state index contributed by atoms with van der Waals surface area (Å²) in [5.74, 6) is 1.61. The summed E-state index contributed by atoms with van der Waals surface area (Å²) in [6, 6.07) is 7.38. The van der Waals surface area contributed by atoms with Crippen LogP contribution in [0.4, 0.5) is 4.79 Å². The van der Waals surface area contributed by atoms with Crippen molar-refractivity contribution < 1.29 is 9.32 Å². The predicted octanol–water partition coefficient (Wildman–Crippen LogP) is 2.95. The van der Waals surface area contributed by atoms with Gasteiger partial charge < -0.3 is 19.3 Å². The van der Waals surface area contributed by atoms with Gasteiger partial charge in [-0.3, -0.25) is 0 Å². The molecule has 0 spiro atoms. The molecule has 28 heavy (non-hydrogen) atoms. The van der Waals surface area contributed by atoms with E-state index in [0.717, 1.165) is 17.7 Å². The van der Waals surface area contributed by atoms with Crippen molar-refractivity contribution in [2.24, 2.45) is 0 Å². The van der Waals surface area contributed by atoms with Crippen LogP contribution in [0.3, 0.4) is 0 Å². The van der Waals surface area contributed by atoms with Crippen LogP contribution >= 0.6 is 0 Å². The van der Waals surface area contributed by atoms with Crippen molar-refractivity contribution in [3.05, 3.63) is 47.9 Å². The standard InChI is InChI=1S/C19H25N7O2/c1-5-25(19(27)21-14(4)18-23-20-12-26(18)6-2)11-16-22-17(24-28-16)15-9-7-13(3)8-10-15/h7-10,12,14H,5-6,11H2,1-4H3,(H,21,27)/t14-/m0/s1. The van der Waals surface area contributed by atoms with Crippen LogP contribution in [0.5, 0.6) is 0 Å². The van der Waals surface area contributed by atoms with E-state index in [1.54, 1.807) is 11.2 Å². The molecule has 0 aliphatic rings. The maximum Gasteiger partial charge on any atom is 0.318 e. The molecule has 2 amide bonds. The second-order valence-electron chi connectivity index (χ2n) is 6.54. The SMILES string of the molecule is CCN(Cc1nc(-c2ccc(C)cc2)no1)C(=O)N[C@@H](C)c1nncn1CC. The lowest BCUT2D eigenvalue weighted by molar-refractivity contribution is 0.186. The molecule has 2 aromatic heterocycles. The molecule has 1 aromatic carbocycles. The monoisotopic (exact) mass is 383 g/mol. The van der Waals surface area contributed by atoms with Gasteiger partial charge in [-0.2, -0.15) is 4.98 Å². The van der Waals surface area contributed by atoms with Crippen LogP contribution < -0.4 is 5.32 Å². The number of aryl methyl sites for hydroxylation is 2. The minimum absolute atomic E-state index is 0.226. The van der Waals surface area contributed by atoms with Crippen LogP contribution in [0.2, 0.25) is 0 Å². The highest BCUT2D eigenvalue weighted by Gasteiger charge is 2.21. The summed E-state index contributed by atoms with van der Waals surface area (Å²) < 4.78 is 7.23. The number of amides is 2. The zero-order chi connectivity index (χ0) is 20.1. The van der Waals surface area contributed by atoms with Gasteiger partial charge in [0, 0.05) is 18.7 Å². The minimum atomic E-state index is -0.269. The van der Waals surface area contributed by atoms with E-state index in [1.807, 2.05) is 56.5 Å². The number of nitrogens with zero attached hydrogens (tertiary/aromatic N) is 6. The Balaban J connectivity index is 1.65. The van der Waals surface area contributed by atoms with Crippen LogP contribution in [-0.4, -0.2) is 42.4 Å². The second-order valence-corrected chi connectivity index (χ2v) is 6.54. The van der Waals surface area contributed by atoms with Gasteiger partial charge in [-0.15, -0.1) is 10.2 Å². The molecule has 9 heteroatoms. The number of carbonyl (C=O) groups is 1. The van der Waals surface area contributed by atoms with E-state index in [9.17, 15) is 4.79 Å². The van der Waals surface area contributed by atoms with Crippen molar-refractivity contribution in [3.63, 3.8) is 0 Å². The number of carbonyl (C=O) groups excluding carboxylic acids is 1. The zero-order valence-electron chi connectivity index (χ0n) is 16.6. The molecule has 0 bridgehead atoms. The summed E-state index contributed by atoms with van der Waals surface area (Å²) >= 11 is 0. The summed E-state index contributed by atoms with van der Waals surface area (Å²) in [4.78, 5) is 18.7. The molecule has 3 rings (SSSR count). The first-order chi connectivity index (χ1) is 13.5. The van der Waals surface area contributed by atoms with E-state index in [2.05, 4.69) is 25.7 Å². The molecule has 1 N–H and O–H groups in total. The lowest BCUT2D eigenvalue weighted by Gasteiger charge is -2.22. The molecule has 0 fully saturated rings. The molecule has 3 aromatic rings. The summed E-state index contributed by atoms with van der Waals surface area (Å²) in [5.41, 5.74) is 2.04. The lowest BCUT2D eigenvalue weighted by Crippen LogP contribution is -2.41. The lowest BCUT2D eigenvalue weighted by atomic mass is 10.1. The van der Waals surface area contributed by atoms with Gasteiger partial charge in [0.1, 0.15) is 12.9 Å². The highest BCUT2D eigenvalue weighted by molar-refractivity contribution is 5.74. The topological polar surface area (TPSA) is 102 Å². The molecule has 0 radical (unpaired) electrons. The number of benzene rings is 1. The smallest absolute Gasteiger partial charge is 0.318 e. The number of hydrogen-bond acceptors (Lipinski definition) is 6. The van der Waals surface area contributed by atoms with Crippen LogP contribution in [0.1, 0.15) is 44.1 Å². The third kappa shape index (κ3) is 4.36. The normalized spacial score (nSPS) is 12.0. The van der Waals surface area contributed by atoms with Crippen molar-refractivity contribution >= 4 is 6.03 Å². The zero-order valence-corrected chi connectivity index (χ0v) is 16.6. The van der Waals surface area contributed by atoms with Crippen molar-refractivity contribution in [1.29, 1.82) is 0 Å². The predicted molar refractivity (Wildman–Crippen MR) is 103 cm³/mol. The van der Waals surface area contributed by atoms with E-state index < -0.39 is 0 Å². The number of urea groups is 1. The molecule has 0 saturated heterocycles. The van der Waals surface area contributed by atoms with E-state index in [-0.39, 0.29) is 18.6 Å². The quantitative estimate of drug-likeness (QED) is 0.673. The summed E-state index contributed by atoms with van der Waals surface area (Å²) in [7, 11) is 0. The van der Waals surface area contributed by atoms with Crippen molar-refractivity contribution in [2.75, 3.05) is 6.54 Å². The molecular weight excluding hydrogens is 358 g/mol. The van der Waals surface area contributed by atoms with Crippen LogP contribution in [0.25, 0.3) is 11.4 Å². The Labute approximate surface area is 163 Å². The molecule has 0 aliphatic carbocycles. The Morgan fingerprint density at radius 3 is 2.71 bits per heavy atom. The van der Waals surface area contributed by atoms with Gasteiger partial charge >= 0.3 is 6.03 Å². The molecule has 0 aliphatic heterocycles. The van der Waals surface area contributed by atoms with E-state index in [0.29, 0.717) is 24.1 Å². The van der Waals surface area contributed by atoms with Gasteiger partial charge in [-0.1, -0.05) is 35.0 Å². The first-order valence-corrected chi connectivity index (χ1v) is 9.34. The van der Waals surface area contributed by atoms with Crippen LogP contribution in [-0.2, 0) is 13.1 Å². The molecule has 148 valence electrons. The van der Waals surface area contributed by atoms with Gasteiger partial charge in [-0.25, -0.2) is 4.79 Å². The highest BCUT2D eigenvalue weighted by atomic mass is 16.5. The highest BCUT2D eigenvalue weighted by Crippen LogP contribution is 2.17. The molecule has 1 atom stereocenters. The van der Waals surface area contributed by atoms with Crippen molar-refractivity contribution in [2.45, 2.75) is 46.8 Å². The largest absolute Gasteiger partial charge is 0.337 e. The van der Waals surface area contributed by atoms with E-state index in [1.165, 1.54) is 0 Å².